The highest BCUT2D eigenvalue weighted by molar-refractivity contribution is 6.17. The van der Waals surface area contributed by atoms with Crippen LogP contribution in [0, 0.1) is 0 Å². The van der Waals surface area contributed by atoms with Gasteiger partial charge in [-0.2, -0.15) is 0 Å². The molecule has 4 nitrogen and oxygen atoms in total. The Kier molecular flexibility index (Phi) is 3.11. The molecule has 4 heteroatoms. The van der Waals surface area contributed by atoms with Gasteiger partial charge in [0.25, 0.3) is 0 Å². The third-order valence-corrected chi connectivity index (χ3v) is 3.64. The monoisotopic (exact) mass is 248 g/mol. The molecule has 0 atom stereocenters. The SMILES string of the molecule is COc1ccc(OC)c(C2(C)C(=O)CCC2=O)c1. The molecule has 1 aliphatic carbocycles. The summed E-state index contributed by atoms with van der Waals surface area (Å²) >= 11 is 0. The summed E-state index contributed by atoms with van der Waals surface area (Å²) in [6.07, 6.45) is 0.603. The van der Waals surface area contributed by atoms with Crippen molar-refractivity contribution in [2.75, 3.05) is 14.2 Å². The van der Waals surface area contributed by atoms with Crippen LogP contribution in [0.1, 0.15) is 25.3 Å². The number of carbonyl (C=O) groups excluding carboxylic acids is 2. The van der Waals surface area contributed by atoms with E-state index >= 15 is 0 Å². The van der Waals surface area contributed by atoms with Crippen LogP contribution in [0.3, 0.4) is 0 Å². The van der Waals surface area contributed by atoms with Crippen LogP contribution in [0.4, 0.5) is 0 Å². The van der Waals surface area contributed by atoms with Crippen molar-refractivity contribution >= 4 is 11.6 Å². The van der Waals surface area contributed by atoms with E-state index in [1.807, 2.05) is 0 Å². The largest absolute Gasteiger partial charge is 0.497 e. The van der Waals surface area contributed by atoms with E-state index < -0.39 is 5.41 Å². The Hall–Kier alpha value is -1.84. The molecule has 2 rings (SSSR count). The van der Waals surface area contributed by atoms with Crippen LogP contribution in [0.2, 0.25) is 0 Å². The Labute approximate surface area is 106 Å². The number of hydrogen-bond donors (Lipinski definition) is 0. The van der Waals surface area contributed by atoms with Gasteiger partial charge in [0, 0.05) is 18.4 Å². The molecule has 1 aromatic carbocycles. The molecule has 0 aromatic heterocycles. The van der Waals surface area contributed by atoms with Gasteiger partial charge in [0.05, 0.1) is 14.2 Å². The quantitative estimate of drug-likeness (QED) is 0.766. The Morgan fingerprint density at radius 1 is 1.06 bits per heavy atom. The summed E-state index contributed by atoms with van der Waals surface area (Å²) in [6, 6.07) is 5.17. The van der Waals surface area contributed by atoms with Gasteiger partial charge in [-0.1, -0.05) is 0 Å². The molecule has 0 N–H and O–H groups in total. The van der Waals surface area contributed by atoms with Crippen molar-refractivity contribution in [2.24, 2.45) is 0 Å². The minimum absolute atomic E-state index is 0.0564. The number of rotatable bonds is 3. The van der Waals surface area contributed by atoms with E-state index in [1.54, 1.807) is 32.2 Å². The third kappa shape index (κ3) is 1.68. The topological polar surface area (TPSA) is 52.6 Å². The highest BCUT2D eigenvalue weighted by Crippen LogP contribution is 2.41. The fourth-order valence-corrected chi connectivity index (χ4v) is 2.39. The Morgan fingerprint density at radius 2 is 1.67 bits per heavy atom. The van der Waals surface area contributed by atoms with E-state index in [-0.39, 0.29) is 11.6 Å². The fourth-order valence-electron chi connectivity index (χ4n) is 2.39. The number of Topliss-reactive ketones (excluding diaryl/α,β-unsaturated/α-hetero) is 2. The summed E-state index contributed by atoms with van der Waals surface area (Å²) in [7, 11) is 3.07. The number of hydrogen-bond acceptors (Lipinski definition) is 4. The molecule has 1 fully saturated rings. The fraction of sp³-hybridized carbons (Fsp3) is 0.429. The van der Waals surface area contributed by atoms with Crippen LogP contribution in [-0.4, -0.2) is 25.8 Å². The van der Waals surface area contributed by atoms with Crippen LogP contribution in [0.15, 0.2) is 18.2 Å². The van der Waals surface area contributed by atoms with Crippen molar-refractivity contribution < 1.29 is 19.1 Å². The minimum atomic E-state index is -1.10. The second kappa shape index (κ2) is 4.44. The first-order valence-electron chi connectivity index (χ1n) is 5.83. The Balaban J connectivity index is 2.61. The highest BCUT2D eigenvalue weighted by atomic mass is 16.5. The van der Waals surface area contributed by atoms with Gasteiger partial charge < -0.3 is 9.47 Å². The molecule has 0 unspecified atom stereocenters. The summed E-state index contributed by atoms with van der Waals surface area (Å²) in [5, 5.41) is 0. The lowest BCUT2D eigenvalue weighted by Gasteiger charge is -2.23. The van der Waals surface area contributed by atoms with Crippen LogP contribution in [0.25, 0.3) is 0 Å². The van der Waals surface area contributed by atoms with Gasteiger partial charge >= 0.3 is 0 Å². The predicted octanol–water partition coefficient (Wildman–Crippen LogP) is 1.89. The van der Waals surface area contributed by atoms with Crippen LogP contribution < -0.4 is 9.47 Å². The molecule has 0 amide bonds. The lowest BCUT2D eigenvalue weighted by Crippen LogP contribution is -2.34. The molecule has 0 spiro atoms. The first kappa shape index (κ1) is 12.6. The molecule has 0 heterocycles. The van der Waals surface area contributed by atoms with E-state index in [0.29, 0.717) is 29.9 Å². The number of ether oxygens (including phenoxy) is 2. The molecule has 0 aliphatic heterocycles. The lowest BCUT2D eigenvalue weighted by molar-refractivity contribution is -0.128. The van der Waals surface area contributed by atoms with E-state index in [4.69, 9.17) is 9.47 Å². The molecule has 96 valence electrons. The van der Waals surface area contributed by atoms with E-state index in [0.717, 1.165) is 0 Å². The minimum Gasteiger partial charge on any atom is -0.497 e. The average Bonchev–Trinajstić information content (AvgIpc) is 2.66. The molecule has 0 bridgehead atoms. The normalized spacial score (nSPS) is 17.9. The molecule has 18 heavy (non-hydrogen) atoms. The van der Waals surface area contributed by atoms with E-state index in [1.165, 1.54) is 7.11 Å². The standard InChI is InChI=1S/C14H16O4/c1-14(12(15)6-7-13(14)16)10-8-9(17-2)4-5-11(10)18-3/h4-5,8H,6-7H2,1-3H3. The maximum absolute atomic E-state index is 12.1. The number of carbonyl (C=O) groups is 2. The second-order valence-corrected chi connectivity index (χ2v) is 4.54. The molecule has 1 aromatic rings. The first-order chi connectivity index (χ1) is 8.53. The number of methoxy groups -OCH3 is 2. The van der Waals surface area contributed by atoms with Gasteiger partial charge in [-0.05, 0) is 25.1 Å². The number of benzene rings is 1. The summed E-state index contributed by atoms with van der Waals surface area (Å²) in [4.78, 5) is 24.1. The van der Waals surface area contributed by atoms with Crippen molar-refractivity contribution in [2.45, 2.75) is 25.2 Å². The maximum atomic E-state index is 12.1. The van der Waals surface area contributed by atoms with Gasteiger partial charge in [0.1, 0.15) is 16.9 Å². The molecule has 0 radical (unpaired) electrons. The number of ketones is 2. The molecular weight excluding hydrogens is 232 g/mol. The maximum Gasteiger partial charge on any atom is 0.151 e. The van der Waals surface area contributed by atoms with Crippen molar-refractivity contribution in [1.82, 2.24) is 0 Å². The van der Waals surface area contributed by atoms with E-state index in [9.17, 15) is 9.59 Å². The summed E-state index contributed by atoms with van der Waals surface area (Å²) in [5.74, 6) is 1.04. The summed E-state index contributed by atoms with van der Waals surface area (Å²) < 4.78 is 10.4. The van der Waals surface area contributed by atoms with Crippen molar-refractivity contribution in [3.8, 4) is 11.5 Å². The smallest absolute Gasteiger partial charge is 0.151 e. The van der Waals surface area contributed by atoms with Gasteiger partial charge in [-0.3, -0.25) is 9.59 Å². The average molecular weight is 248 g/mol. The Morgan fingerprint density at radius 3 is 2.17 bits per heavy atom. The van der Waals surface area contributed by atoms with Crippen molar-refractivity contribution in [1.29, 1.82) is 0 Å². The van der Waals surface area contributed by atoms with E-state index in [2.05, 4.69) is 0 Å². The Bertz CT molecular complexity index is 489. The zero-order valence-electron chi connectivity index (χ0n) is 10.8. The van der Waals surface area contributed by atoms with Gasteiger partial charge in [-0.15, -0.1) is 0 Å². The lowest BCUT2D eigenvalue weighted by atomic mass is 9.78. The first-order valence-corrected chi connectivity index (χ1v) is 5.83. The molecule has 0 saturated heterocycles. The zero-order valence-corrected chi connectivity index (χ0v) is 10.8. The molecular formula is C14H16O4. The third-order valence-electron chi connectivity index (χ3n) is 3.64. The highest BCUT2D eigenvalue weighted by Gasteiger charge is 2.48. The van der Waals surface area contributed by atoms with Crippen molar-refractivity contribution in [3.63, 3.8) is 0 Å². The van der Waals surface area contributed by atoms with Gasteiger partial charge in [-0.25, -0.2) is 0 Å². The predicted molar refractivity (Wildman–Crippen MR) is 66.1 cm³/mol. The molecule has 1 saturated carbocycles. The summed E-state index contributed by atoms with van der Waals surface area (Å²) in [6.45, 7) is 1.67. The van der Waals surface area contributed by atoms with Crippen LogP contribution >= 0.6 is 0 Å². The zero-order chi connectivity index (χ0) is 13.3. The van der Waals surface area contributed by atoms with Crippen LogP contribution in [-0.2, 0) is 15.0 Å². The second-order valence-electron chi connectivity index (χ2n) is 4.54. The molecule has 1 aliphatic rings. The van der Waals surface area contributed by atoms with Crippen LogP contribution in [0.5, 0.6) is 11.5 Å². The van der Waals surface area contributed by atoms with Crippen molar-refractivity contribution in [3.05, 3.63) is 23.8 Å². The van der Waals surface area contributed by atoms with Gasteiger partial charge in [0.2, 0.25) is 0 Å². The summed E-state index contributed by atoms with van der Waals surface area (Å²) in [5.41, 5.74) is -0.503. The van der Waals surface area contributed by atoms with Gasteiger partial charge in [0.15, 0.2) is 11.6 Å².